The van der Waals surface area contributed by atoms with Gasteiger partial charge in [0.25, 0.3) is 0 Å². The number of ether oxygens (including phenoxy) is 1. The summed E-state index contributed by atoms with van der Waals surface area (Å²) in [5.41, 5.74) is 2.52. The Labute approximate surface area is 121 Å². The van der Waals surface area contributed by atoms with Crippen molar-refractivity contribution in [3.63, 3.8) is 0 Å². The van der Waals surface area contributed by atoms with Crippen LogP contribution in [0, 0.1) is 5.41 Å². The molecule has 0 radical (unpaired) electrons. The molecule has 1 nitrogen and oxygen atoms in total. The number of hydrogen-bond donors (Lipinski definition) is 0. The van der Waals surface area contributed by atoms with Crippen molar-refractivity contribution in [3.05, 3.63) is 71.8 Å². The Balaban J connectivity index is 2.13. The van der Waals surface area contributed by atoms with Crippen LogP contribution in [0.25, 0.3) is 0 Å². The first kappa shape index (κ1) is 13.4. The zero-order chi connectivity index (χ0) is 14.1. The van der Waals surface area contributed by atoms with E-state index in [4.69, 9.17) is 4.74 Å². The fourth-order valence-electron chi connectivity index (χ4n) is 3.27. The summed E-state index contributed by atoms with van der Waals surface area (Å²) in [5.74, 6) is 0. The first-order chi connectivity index (χ1) is 9.62. The highest BCUT2D eigenvalue weighted by atomic mass is 16.5. The van der Waals surface area contributed by atoms with Gasteiger partial charge in [0.05, 0.1) is 0 Å². The molecule has 0 amide bonds. The molecule has 0 unspecified atom stereocenters. The highest BCUT2D eigenvalue weighted by Crippen LogP contribution is 2.47. The zero-order valence-corrected chi connectivity index (χ0v) is 12.3. The Hall–Kier alpha value is -1.60. The lowest BCUT2D eigenvalue weighted by Gasteiger charge is -2.45. The van der Waals surface area contributed by atoms with Crippen LogP contribution in [0.5, 0.6) is 0 Å². The van der Waals surface area contributed by atoms with Crippen molar-refractivity contribution in [2.45, 2.75) is 32.3 Å². The molecule has 104 valence electrons. The molecule has 1 heteroatoms. The van der Waals surface area contributed by atoms with Gasteiger partial charge in [0.1, 0.15) is 5.60 Å². The smallest absolute Gasteiger partial charge is 0.119 e. The third-order valence-corrected chi connectivity index (χ3v) is 4.34. The van der Waals surface area contributed by atoms with Crippen LogP contribution in [0.3, 0.4) is 0 Å². The van der Waals surface area contributed by atoms with Crippen LogP contribution in [0.15, 0.2) is 60.7 Å². The highest BCUT2D eigenvalue weighted by molar-refractivity contribution is 5.37. The van der Waals surface area contributed by atoms with E-state index in [0.717, 1.165) is 19.4 Å². The minimum absolute atomic E-state index is 0.296. The van der Waals surface area contributed by atoms with Gasteiger partial charge in [-0.3, -0.25) is 0 Å². The number of benzene rings is 2. The van der Waals surface area contributed by atoms with Crippen molar-refractivity contribution in [3.8, 4) is 0 Å². The molecule has 1 aliphatic rings. The van der Waals surface area contributed by atoms with E-state index >= 15 is 0 Å². The molecule has 0 aromatic heterocycles. The topological polar surface area (TPSA) is 9.23 Å². The molecule has 1 fully saturated rings. The monoisotopic (exact) mass is 266 g/mol. The number of rotatable bonds is 2. The third-order valence-electron chi connectivity index (χ3n) is 4.34. The van der Waals surface area contributed by atoms with Gasteiger partial charge in [-0.2, -0.15) is 0 Å². The third kappa shape index (κ3) is 2.38. The molecule has 0 N–H and O–H groups in total. The first-order valence-corrected chi connectivity index (χ1v) is 7.37. The quantitative estimate of drug-likeness (QED) is 0.761. The van der Waals surface area contributed by atoms with Crippen molar-refractivity contribution in [1.29, 1.82) is 0 Å². The molecule has 20 heavy (non-hydrogen) atoms. The van der Waals surface area contributed by atoms with Crippen LogP contribution in [0.1, 0.15) is 37.8 Å². The maximum Gasteiger partial charge on any atom is 0.119 e. The van der Waals surface area contributed by atoms with Gasteiger partial charge < -0.3 is 4.74 Å². The molecule has 2 aromatic rings. The molecule has 1 saturated heterocycles. The number of hydrogen-bond acceptors (Lipinski definition) is 1. The second-order valence-corrected chi connectivity index (χ2v) is 6.50. The lowest BCUT2D eigenvalue weighted by atomic mass is 9.70. The summed E-state index contributed by atoms with van der Waals surface area (Å²) in [6.07, 6.45) is 2.14. The van der Waals surface area contributed by atoms with Gasteiger partial charge in [-0.05, 0) is 29.4 Å². The van der Waals surface area contributed by atoms with Gasteiger partial charge in [0, 0.05) is 6.61 Å². The van der Waals surface area contributed by atoms with Crippen LogP contribution < -0.4 is 0 Å². The Kier molecular flexibility index (Phi) is 3.39. The van der Waals surface area contributed by atoms with Gasteiger partial charge in [-0.15, -0.1) is 0 Å². The average molecular weight is 266 g/mol. The second kappa shape index (κ2) is 5.06. The normalized spacial score (nSPS) is 20.5. The Bertz CT molecular complexity index is 517. The minimum Gasteiger partial charge on any atom is -0.365 e. The van der Waals surface area contributed by atoms with Crippen molar-refractivity contribution < 1.29 is 4.74 Å². The molecule has 0 saturated carbocycles. The summed E-state index contributed by atoms with van der Waals surface area (Å²) in [7, 11) is 0. The van der Waals surface area contributed by atoms with E-state index in [1.54, 1.807) is 0 Å². The van der Waals surface area contributed by atoms with Gasteiger partial charge >= 0.3 is 0 Å². The lowest BCUT2D eigenvalue weighted by Crippen LogP contribution is -2.41. The SMILES string of the molecule is CC1(C)CCOC(c2ccccc2)(c2ccccc2)C1. The minimum atomic E-state index is -0.301. The van der Waals surface area contributed by atoms with E-state index in [1.165, 1.54) is 11.1 Å². The van der Waals surface area contributed by atoms with Crippen LogP contribution in [-0.4, -0.2) is 6.61 Å². The largest absolute Gasteiger partial charge is 0.365 e. The first-order valence-electron chi connectivity index (χ1n) is 7.37. The maximum absolute atomic E-state index is 6.37. The van der Waals surface area contributed by atoms with Crippen LogP contribution in [0.2, 0.25) is 0 Å². The van der Waals surface area contributed by atoms with Crippen molar-refractivity contribution >= 4 is 0 Å². The molecule has 0 atom stereocenters. The van der Waals surface area contributed by atoms with Crippen molar-refractivity contribution in [2.24, 2.45) is 5.41 Å². The summed E-state index contributed by atoms with van der Waals surface area (Å²) in [5, 5.41) is 0. The molecule has 3 rings (SSSR count). The molecule has 0 aliphatic carbocycles. The van der Waals surface area contributed by atoms with E-state index in [0.29, 0.717) is 5.41 Å². The highest BCUT2D eigenvalue weighted by Gasteiger charge is 2.43. The molecule has 0 spiro atoms. The van der Waals surface area contributed by atoms with Crippen LogP contribution in [-0.2, 0) is 10.3 Å². The van der Waals surface area contributed by atoms with E-state index in [-0.39, 0.29) is 5.60 Å². The fourth-order valence-corrected chi connectivity index (χ4v) is 3.27. The standard InChI is InChI=1S/C19H22O/c1-18(2)13-14-20-19(15-18,16-9-5-3-6-10-16)17-11-7-4-8-12-17/h3-12H,13-15H2,1-2H3. The summed E-state index contributed by atoms with van der Waals surface area (Å²) in [6, 6.07) is 21.3. The zero-order valence-electron chi connectivity index (χ0n) is 12.3. The Morgan fingerprint density at radius 2 is 1.30 bits per heavy atom. The van der Waals surface area contributed by atoms with Gasteiger partial charge in [0.15, 0.2) is 0 Å². The van der Waals surface area contributed by atoms with Crippen LogP contribution in [0.4, 0.5) is 0 Å². The van der Waals surface area contributed by atoms with E-state index < -0.39 is 0 Å². The predicted octanol–water partition coefficient (Wildman–Crippen LogP) is 4.77. The Morgan fingerprint density at radius 3 is 1.75 bits per heavy atom. The molecule has 1 aliphatic heterocycles. The van der Waals surface area contributed by atoms with Gasteiger partial charge in [0.2, 0.25) is 0 Å². The van der Waals surface area contributed by atoms with Gasteiger partial charge in [-0.25, -0.2) is 0 Å². The molecular formula is C19H22O. The van der Waals surface area contributed by atoms with Gasteiger partial charge in [-0.1, -0.05) is 74.5 Å². The average Bonchev–Trinajstić information content (AvgIpc) is 2.48. The van der Waals surface area contributed by atoms with Crippen molar-refractivity contribution in [2.75, 3.05) is 6.61 Å². The van der Waals surface area contributed by atoms with Crippen LogP contribution >= 0.6 is 0 Å². The molecule has 0 bridgehead atoms. The summed E-state index contributed by atoms with van der Waals surface area (Å²) < 4.78 is 6.37. The van der Waals surface area contributed by atoms with Crippen molar-refractivity contribution in [1.82, 2.24) is 0 Å². The predicted molar refractivity (Wildman–Crippen MR) is 82.6 cm³/mol. The second-order valence-electron chi connectivity index (χ2n) is 6.50. The molecule has 1 heterocycles. The van der Waals surface area contributed by atoms with E-state index in [1.807, 2.05) is 0 Å². The van der Waals surface area contributed by atoms with E-state index in [9.17, 15) is 0 Å². The Morgan fingerprint density at radius 1 is 0.800 bits per heavy atom. The maximum atomic E-state index is 6.37. The molecule has 2 aromatic carbocycles. The molecular weight excluding hydrogens is 244 g/mol. The fraction of sp³-hybridized carbons (Fsp3) is 0.368. The summed E-state index contributed by atoms with van der Waals surface area (Å²) in [4.78, 5) is 0. The lowest BCUT2D eigenvalue weighted by molar-refractivity contribution is -0.0971. The van der Waals surface area contributed by atoms with E-state index in [2.05, 4.69) is 74.5 Å². The summed E-state index contributed by atoms with van der Waals surface area (Å²) >= 11 is 0. The summed E-state index contributed by atoms with van der Waals surface area (Å²) in [6.45, 7) is 5.50.